The molecule has 166 valence electrons. The van der Waals surface area contributed by atoms with Gasteiger partial charge in [0.05, 0.1) is 23.8 Å². The molecule has 1 aromatic carbocycles. The number of nitrogens with one attached hydrogen (secondary N) is 1. The van der Waals surface area contributed by atoms with Crippen LogP contribution in [0.4, 0.5) is 13.2 Å². The third-order valence-electron chi connectivity index (χ3n) is 6.21. The molecule has 0 radical (unpaired) electrons. The molecular formula is C24H22F3N3O2. The molecule has 1 N–H and O–H groups in total. The molecule has 32 heavy (non-hydrogen) atoms. The lowest BCUT2D eigenvalue weighted by atomic mass is 9.86. The number of nitrogens with zero attached hydrogens (tertiary/aromatic N) is 2. The molecule has 2 aromatic heterocycles. The second-order valence-corrected chi connectivity index (χ2v) is 8.35. The number of fused-ring (bicyclic) bond motifs is 3. The first-order chi connectivity index (χ1) is 15.4. The van der Waals surface area contributed by atoms with Crippen LogP contribution in [0, 0.1) is 5.92 Å². The third kappa shape index (κ3) is 3.72. The van der Waals surface area contributed by atoms with Crippen LogP contribution in [0.15, 0.2) is 42.7 Å². The summed E-state index contributed by atoms with van der Waals surface area (Å²) < 4.78 is 45.2. The number of benzene rings is 1. The van der Waals surface area contributed by atoms with Gasteiger partial charge in [-0.15, -0.1) is 0 Å². The van der Waals surface area contributed by atoms with Gasteiger partial charge in [-0.25, -0.2) is 0 Å². The predicted octanol–water partition coefficient (Wildman–Crippen LogP) is 5.16. The van der Waals surface area contributed by atoms with Gasteiger partial charge in [-0.3, -0.25) is 14.8 Å². The topological polar surface area (TPSA) is 64.1 Å². The number of halogens is 3. The maximum absolute atomic E-state index is 13.0. The molecule has 2 atom stereocenters. The van der Waals surface area contributed by atoms with E-state index in [1.165, 1.54) is 6.07 Å². The summed E-state index contributed by atoms with van der Waals surface area (Å²) in [6, 6.07) is 7.95. The van der Waals surface area contributed by atoms with E-state index in [9.17, 15) is 18.0 Å². The highest BCUT2D eigenvalue weighted by Gasteiger charge is 2.43. The second kappa shape index (κ2) is 7.85. The van der Waals surface area contributed by atoms with Crippen molar-refractivity contribution in [1.29, 1.82) is 0 Å². The number of pyridine rings is 2. The van der Waals surface area contributed by atoms with E-state index in [1.807, 2.05) is 19.1 Å². The maximum atomic E-state index is 13.0. The summed E-state index contributed by atoms with van der Waals surface area (Å²) in [5, 5.41) is 3.65. The first-order valence-corrected chi connectivity index (χ1v) is 10.7. The summed E-state index contributed by atoms with van der Waals surface area (Å²) in [4.78, 5) is 21.1. The Hall–Kier alpha value is -3.00. The number of rotatable bonds is 5. The molecule has 0 saturated heterocycles. The first kappa shape index (κ1) is 20.9. The van der Waals surface area contributed by atoms with Crippen molar-refractivity contribution in [3.8, 4) is 0 Å². The summed E-state index contributed by atoms with van der Waals surface area (Å²) in [7, 11) is 0. The van der Waals surface area contributed by atoms with Gasteiger partial charge in [-0.2, -0.15) is 13.2 Å². The van der Waals surface area contributed by atoms with Crippen LogP contribution in [-0.4, -0.2) is 22.4 Å². The molecule has 8 heteroatoms. The van der Waals surface area contributed by atoms with Gasteiger partial charge in [-0.05, 0) is 61.6 Å². The number of ether oxygens (including phenoxy) is 1. The quantitative estimate of drug-likeness (QED) is 0.594. The Morgan fingerprint density at radius 2 is 2.00 bits per heavy atom. The van der Waals surface area contributed by atoms with Crippen molar-refractivity contribution in [1.82, 2.24) is 15.3 Å². The Morgan fingerprint density at radius 1 is 1.19 bits per heavy atom. The summed E-state index contributed by atoms with van der Waals surface area (Å²) in [5.74, 6) is -0.0205. The SMILES string of the molecule is CCNC(=O)c1ccc2ncc3c(c2c1)C([C@H](c1ccc(C(F)(F)F)cn1)C1CC1)OC3. The molecule has 3 heterocycles. The van der Waals surface area contributed by atoms with Gasteiger partial charge in [0.15, 0.2) is 0 Å². The van der Waals surface area contributed by atoms with E-state index in [0.717, 1.165) is 47.1 Å². The molecule has 1 fully saturated rings. The van der Waals surface area contributed by atoms with Crippen LogP contribution in [0.2, 0.25) is 0 Å². The molecule has 1 unspecified atom stereocenters. The average Bonchev–Trinajstić information content (AvgIpc) is 3.52. The highest BCUT2D eigenvalue weighted by Crippen LogP contribution is 2.53. The molecule has 5 nitrogen and oxygen atoms in total. The van der Waals surface area contributed by atoms with Crippen molar-refractivity contribution >= 4 is 16.8 Å². The van der Waals surface area contributed by atoms with E-state index < -0.39 is 11.7 Å². The van der Waals surface area contributed by atoms with Gasteiger partial charge in [0, 0.05) is 47.1 Å². The lowest BCUT2D eigenvalue weighted by Crippen LogP contribution is -2.22. The molecule has 1 saturated carbocycles. The summed E-state index contributed by atoms with van der Waals surface area (Å²) in [5.41, 5.74) is 3.03. The maximum Gasteiger partial charge on any atom is 0.417 e. The van der Waals surface area contributed by atoms with E-state index >= 15 is 0 Å². The van der Waals surface area contributed by atoms with Crippen LogP contribution in [0.25, 0.3) is 10.9 Å². The van der Waals surface area contributed by atoms with Gasteiger partial charge in [-0.1, -0.05) is 0 Å². The van der Waals surface area contributed by atoms with Crippen molar-refractivity contribution in [3.05, 3.63) is 70.7 Å². The largest absolute Gasteiger partial charge is 0.417 e. The Labute approximate surface area is 183 Å². The lowest BCUT2D eigenvalue weighted by Gasteiger charge is -2.24. The highest BCUT2D eigenvalue weighted by atomic mass is 19.4. The van der Waals surface area contributed by atoms with Crippen LogP contribution in [-0.2, 0) is 17.5 Å². The van der Waals surface area contributed by atoms with Crippen LogP contribution in [0.1, 0.15) is 64.5 Å². The molecule has 2 aliphatic rings. The number of alkyl halides is 3. The number of aromatic nitrogens is 2. The average molecular weight is 441 g/mol. The molecular weight excluding hydrogens is 419 g/mol. The van der Waals surface area contributed by atoms with Gasteiger partial charge >= 0.3 is 6.18 Å². The fourth-order valence-corrected chi connectivity index (χ4v) is 4.52. The lowest BCUT2D eigenvalue weighted by molar-refractivity contribution is -0.137. The van der Waals surface area contributed by atoms with Crippen molar-refractivity contribution in [2.75, 3.05) is 6.54 Å². The molecule has 0 spiro atoms. The summed E-state index contributed by atoms with van der Waals surface area (Å²) in [6.45, 7) is 2.76. The van der Waals surface area contributed by atoms with E-state index in [-0.39, 0.29) is 17.9 Å². The Bertz CT molecular complexity index is 1170. The minimum Gasteiger partial charge on any atom is -0.368 e. The standard InChI is InChI=1S/C24H22F3N3O2/c1-2-28-23(31)14-5-7-18-17(9-14)20-15(10-29-18)12-32-22(20)21(13-3-4-13)19-8-6-16(11-30-19)24(25,26)27/h5-11,13,21-22H,2-4,12H2,1H3,(H,28,31)/t21-,22?/m0/s1. The van der Waals surface area contributed by atoms with E-state index in [2.05, 4.69) is 15.3 Å². The zero-order chi connectivity index (χ0) is 22.5. The Kier molecular flexibility index (Phi) is 5.12. The van der Waals surface area contributed by atoms with Crippen molar-refractivity contribution in [3.63, 3.8) is 0 Å². The van der Waals surface area contributed by atoms with Gasteiger partial charge in [0.1, 0.15) is 0 Å². The molecule has 1 aliphatic heterocycles. The smallest absolute Gasteiger partial charge is 0.368 e. The Morgan fingerprint density at radius 3 is 2.66 bits per heavy atom. The molecule has 1 aliphatic carbocycles. The predicted molar refractivity (Wildman–Crippen MR) is 112 cm³/mol. The second-order valence-electron chi connectivity index (χ2n) is 8.35. The first-order valence-electron chi connectivity index (χ1n) is 10.7. The van der Waals surface area contributed by atoms with E-state index in [4.69, 9.17) is 4.74 Å². The van der Waals surface area contributed by atoms with Crippen LogP contribution in [0.5, 0.6) is 0 Å². The number of hydrogen-bond donors (Lipinski definition) is 1. The zero-order valence-corrected chi connectivity index (χ0v) is 17.4. The zero-order valence-electron chi connectivity index (χ0n) is 17.4. The van der Waals surface area contributed by atoms with Gasteiger partial charge in [0.25, 0.3) is 5.91 Å². The van der Waals surface area contributed by atoms with Crippen LogP contribution >= 0.6 is 0 Å². The minimum atomic E-state index is -4.42. The summed E-state index contributed by atoms with van der Waals surface area (Å²) >= 11 is 0. The van der Waals surface area contributed by atoms with Crippen LogP contribution in [0.3, 0.4) is 0 Å². The number of carbonyl (C=O) groups is 1. The molecule has 3 aromatic rings. The summed E-state index contributed by atoms with van der Waals surface area (Å²) in [6.07, 6.45) is -0.122. The normalized spacial score (nSPS) is 19.1. The van der Waals surface area contributed by atoms with Crippen molar-refractivity contribution in [2.45, 2.75) is 44.6 Å². The number of carbonyl (C=O) groups excluding carboxylic acids is 1. The molecule has 0 bridgehead atoms. The molecule has 5 rings (SSSR count). The number of amides is 1. The van der Waals surface area contributed by atoms with Gasteiger partial charge < -0.3 is 10.1 Å². The van der Waals surface area contributed by atoms with E-state index in [1.54, 1.807) is 12.3 Å². The fourth-order valence-electron chi connectivity index (χ4n) is 4.52. The van der Waals surface area contributed by atoms with Gasteiger partial charge in [0.2, 0.25) is 0 Å². The van der Waals surface area contributed by atoms with Crippen LogP contribution < -0.4 is 5.32 Å². The third-order valence-corrected chi connectivity index (χ3v) is 6.21. The fraction of sp³-hybridized carbons (Fsp3) is 0.375. The van der Waals surface area contributed by atoms with E-state index in [0.29, 0.717) is 30.3 Å². The molecule has 1 amide bonds. The van der Waals surface area contributed by atoms with Crippen molar-refractivity contribution < 1.29 is 22.7 Å². The monoisotopic (exact) mass is 441 g/mol. The van der Waals surface area contributed by atoms with Crippen molar-refractivity contribution in [2.24, 2.45) is 5.92 Å². The number of hydrogen-bond acceptors (Lipinski definition) is 4. The minimum absolute atomic E-state index is 0.155. The Balaban J connectivity index is 1.58. The highest BCUT2D eigenvalue weighted by molar-refractivity contribution is 5.98.